The minimum absolute atomic E-state index is 0.354. The van der Waals surface area contributed by atoms with E-state index in [0.29, 0.717) is 13.0 Å². The third-order valence-corrected chi connectivity index (χ3v) is 3.32. The van der Waals surface area contributed by atoms with Crippen molar-refractivity contribution in [1.29, 1.82) is 0 Å². The Morgan fingerprint density at radius 3 is 2.22 bits per heavy atom. The number of unbranched alkanes of at least 4 members (excludes halogenated alkanes) is 4. The molecule has 0 unspecified atom stereocenters. The first kappa shape index (κ1) is 15.0. The fourth-order valence-corrected chi connectivity index (χ4v) is 2.16. The summed E-state index contributed by atoms with van der Waals surface area (Å²) in [5.74, 6) is 0.508. The first-order valence-electron chi connectivity index (χ1n) is 6.18. The molecule has 0 aromatic heterocycles. The van der Waals surface area contributed by atoms with E-state index in [1.165, 1.54) is 0 Å². The van der Waals surface area contributed by atoms with Crippen molar-refractivity contribution in [2.45, 2.75) is 32.1 Å². The van der Waals surface area contributed by atoms with Crippen molar-refractivity contribution in [3.05, 3.63) is 30.3 Å². The Hall–Kier alpha value is -1.10. The zero-order valence-electron chi connectivity index (χ0n) is 10.3. The first-order chi connectivity index (χ1) is 8.58. The molecule has 0 radical (unpaired) electrons. The number of ether oxygens (including phenoxy) is 1. The Labute approximate surface area is 108 Å². The molecule has 5 heteroatoms. The SMILES string of the molecule is O=S(=O)(F)CCCCCCCOc1ccccc1. The summed E-state index contributed by atoms with van der Waals surface area (Å²) in [4.78, 5) is 0. The number of benzene rings is 1. The highest BCUT2D eigenvalue weighted by molar-refractivity contribution is 7.86. The Morgan fingerprint density at radius 1 is 0.944 bits per heavy atom. The van der Waals surface area contributed by atoms with E-state index < -0.39 is 10.2 Å². The quantitative estimate of drug-likeness (QED) is 0.512. The molecule has 0 fully saturated rings. The van der Waals surface area contributed by atoms with Crippen molar-refractivity contribution < 1.29 is 17.0 Å². The van der Waals surface area contributed by atoms with Crippen LogP contribution in [0.15, 0.2) is 30.3 Å². The fraction of sp³-hybridized carbons (Fsp3) is 0.538. The van der Waals surface area contributed by atoms with Crippen LogP contribution in [0.5, 0.6) is 5.75 Å². The Morgan fingerprint density at radius 2 is 1.56 bits per heavy atom. The molecule has 0 saturated heterocycles. The van der Waals surface area contributed by atoms with Gasteiger partial charge in [-0.25, -0.2) is 0 Å². The van der Waals surface area contributed by atoms with Gasteiger partial charge in [0.15, 0.2) is 0 Å². The molecule has 0 saturated carbocycles. The molecule has 102 valence electrons. The van der Waals surface area contributed by atoms with Gasteiger partial charge in [-0.15, -0.1) is 3.89 Å². The van der Waals surface area contributed by atoms with Gasteiger partial charge in [-0.2, -0.15) is 8.42 Å². The zero-order valence-corrected chi connectivity index (χ0v) is 11.2. The van der Waals surface area contributed by atoms with E-state index in [9.17, 15) is 12.3 Å². The van der Waals surface area contributed by atoms with Crippen LogP contribution in [-0.2, 0) is 10.2 Å². The van der Waals surface area contributed by atoms with Crippen molar-refractivity contribution >= 4 is 10.2 Å². The maximum absolute atomic E-state index is 12.2. The Bertz CT molecular complexity index is 417. The van der Waals surface area contributed by atoms with Gasteiger partial charge in [-0.1, -0.05) is 37.5 Å². The van der Waals surface area contributed by atoms with E-state index >= 15 is 0 Å². The summed E-state index contributed by atoms with van der Waals surface area (Å²) in [5, 5.41) is 0. The van der Waals surface area contributed by atoms with Crippen molar-refractivity contribution in [3.8, 4) is 5.75 Å². The lowest BCUT2D eigenvalue weighted by Crippen LogP contribution is -1.99. The van der Waals surface area contributed by atoms with Gasteiger partial charge in [0.2, 0.25) is 0 Å². The van der Waals surface area contributed by atoms with Crippen LogP contribution >= 0.6 is 0 Å². The van der Waals surface area contributed by atoms with Gasteiger partial charge in [0.05, 0.1) is 12.4 Å². The highest BCUT2D eigenvalue weighted by atomic mass is 32.3. The highest BCUT2D eigenvalue weighted by Crippen LogP contribution is 2.10. The van der Waals surface area contributed by atoms with Crippen LogP contribution in [0.4, 0.5) is 3.89 Å². The molecule has 0 heterocycles. The summed E-state index contributed by atoms with van der Waals surface area (Å²) in [6.07, 6.45) is 3.96. The molecule has 3 nitrogen and oxygen atoms in total. The molecule has 1 rings (SSSR count). The van der Waals surface area contributed by atoms with Gasteiger partial charge in [0, 0.05) is 0 Å². The van der Waals surface area contributed by atoms with Gasteiger partial charge in [-0.3, -0.25) is 0 Å². The Balaban J connectivity index is 1.93. The number of rotatable bonds is 9. The molecular formula is C13H19FO3S. The lowest BCUT2D eigenvalue weighted by atomic mass is 10.2. The highest BCUT2D eigenvalue weighted by Gasteiger charge is 2.05. The summed E-state index contributed by atoms with van der Waals surface area (Å²) in [5.41, 5.74) is 0. The van der Waals surface area contributed by atoms with Gasteiger partial charge in [0.1, 0.15) is 5.75 Å². The van der Waals surface area contributed by atoms with E-state index in [2.05, 4.69) is 0 Å². The molecule has 0 spiro atoms. The van der Waals surface area contributed by atoms with Crippen LogP contribution in [0.1, 0.15) is 32.1 Å². The third kappa shape index (κ3) is 8.06. The van der Waals surface area contributed by atoms with Gasteiger partial charge in [0.25, 0.3) is 0 Å². The minimum atomic E-state index is -4.28. The van der Waals surface area contributed by atoms with Gasteiger partial charge >= 0.3 is 10.2 Å². The molecule has 18 heavy (non-hydrogen) atoms. The molecule has 1 aromatic carbocycles. The maximum atomic E-state index is 12.2. The summed E-state index contributed by atoms with van der Waals surface area (Å²) in [6, 6.07) is 9.60. The average molecular weight is 274 g/mol. The molecular weight excluding hydrogens is 255 g/mol. The van der Waals surface area contributed by atoms with Crippen molar-refractivity contribution in [3.63, 3.8) is 0 Å². The monoisotopic (exact) mass is 274 g/mol. The summed E-state index contributed by atoms with van der Waals surface area (Å²) in [6.45, 7) is 0.658. The second kappa shape index (κ2) is 8.08. The normalized spacial score (nSPS) is 11.4. The largest absolute Gasteiger partial charge is 0.494 e. The molecule has 0 N–H and O–H groups in total. The van der Waals surface area contributed by atoms with E-state index in [4.69, 9.17) is 4.74 Å². The van der Waals surface area contributed by atoms with Crippen LogP contribution in [0.25, 0.3) is 0 Å². The van der Waals surface area contributed by atoms with Gasteiger partial charge < -0.3 is 4.74 Å². The van der Waals surface area contributed by atoms with Crippen molar-refractivity contribution in [1.82, 2.24) is 0 Å². The second-order valence-electron chi connectivity index (χ2n) is 4.17. The molecule has 0 aliphatic rings. The number of hydrogen-bond donors (Lipinski definition) is 0. The molecule has 0 amide bonds. The average Bonchev–Trinajstić information content (AvgIpc) is 2.32. The van der Waals surface area contributed by atoms with E-state index in [-0.39, 0.29) is 5.75 Å². The molecule has 0 atom stereocenters. The standard InChI is InChI=1S/C13H19FO3S/c14-18(15,16)12-8-3-1-2-7-11-17-13-9-5-4-6-10-13/h4-6,9-10H,1-3,7-8,11-12H2. The molecule has 0 aliphatic carbocycles. The molecule has 1 aromatic rings. The topological polar surface area (TPSA) is 43.4 Å². The van der Waals surface area contributed by atoms with Crippen LogP contribution < -0.4 is 4.74 Å². The zero-order chi connectivity index (χ0) is 13.3. The van der Waals surface area contributed by atoms with Gasteiger partial charge in [-0.05, 0) is 25.0 Å². The minimum Gasteiger partial charge on any atom is -0.494 e. The van der Waals surface area contributed by atoms with Crippen LogP contribution in [0.2, 0.25) is 0 Å². The smallest absolute Gasteiger partial charge is 0.302 e. The van der Waals surface area contributed by atoms with E-state index in [1.807, 2.05) is 30.3 Å². The predicted octanol–water partition coefficient (Wildman–Crippen LogP) is 3.32. The molecule has 0 bridgehead atoms. The van der Waals surface area contributed by atoms with Crippen LogP contribution in [-0.4, -0.2) is 20.8 Å². The van der Waals surface area contributed by atoms with Crippen LogP contribution in [0, 0.1) is 0 Å². The van der Waals surface area contributed by atoms with Crippen LogP contribution in [0.3, 0.4) is 0 Å². The summed E-state index contributed by atoms with van der Waals surface area (Å²) >= 11 is 0. The van der Waals surface area contributed by atoms with Crippen molar-refractivity contribution in [2.24, 2.45) is 0 Å². The van der Waals surface area contributed by atoms with Crippen molar-refractivity contribution in [2.75, 3.05) is 12.4 Å². The van der Waals surface area contributed by atoms with E-state index in [1.54, 1.807) is 0 Å². The maximum Gasteiger partial charge on any atom is 0.302 e. The first-order valence-corrected chi connectivity index (χ1v) is 7.73. The lowest BCUT2D eigenvalue weighted by Gasteiger charge is -2.05. The molecule has 0 aliphatic heterocycles. The number of hydrogen-bond acceptors (Lipinski definition) is 3. The van der Waals surface area contributed by atoms with E-state index in [0.717, 1.165) is 31.4 Å². The summed E-state index contributed by atoms with van der Waals surface area (Å²) < 4.78 is 38.1. The fourth-order valence-electron chi connectivity index (χ4n) is 1.61. The number of halogens is 1. The number of para-hydroxylation sites is 1. The second-order valence-corrected chi connectivity index (χ2v) is 5.66. The lowest BCUT2D eigenvalue weighted by molar-refractivity contribution is 0.304. The third-order valence-electron chi connectivity index (χ3n) is 2.54. The summed E-state index contributed by atoms with van der Waals surface area (Å²) in [7, 11) is -4.28. The predicted molar refractivity (Wildman–Crippen MR) is 69.9 cm³/mol. The Kier molecular flexibility index (Phi) is 6.72.